The first-order valence-corrected chi connectivity index (χ1v) is 10.8. The number of hydrogen-bond donors (Lipinski definition) is 1. The zero-order valence-corrected chi connectivity index (χ0v) is 17.8. The van der Waals surface area contributed by atoms with Gasteiger partial charge in [0.25, 0.3) is 0 Å². The van der Waals surface area contributed by atoms with Gasteiger partial charge in [0.1, 0.15) is 10.7 Å². The van der Waals surface area contributed by atoms with Crippen molar-refractivity contribution in [3.63, 3.8) is 0 Å². The lowest BCUT2D eigenvalue weighted by Gasteiger charge is -2.26. The summed E-state index contributed by atoms with van der Waals surface area (Å²) in [6.07, 6.45) is -1.26. The molecule has 1 aliphatic heterocycles. The number of sulfonamides is 1. The highest BCUT2D eigenvalue weighted by atomic mass is 35.5. The summed E-state index contributed by atoms with van der Waals surface area (Å²) in [6, 6.07) is 5.05. The van der Waals surface area contributed by atoms with E-state index in [1.807, 2.05) is 0 Å². The van der Waals surface area contributed by atoms with Crippen molar-refractivity contribution in [2.75, 3.05) is 26.3 Å². The van der Waals surface area contributed by atoms with E-state index in [4.69, 9.17) is 30.9 Å². The molecular formula is C19H18ClF2NO7S. The van der Waals surface area contributed by atoms with Crippen LogP contribution in [0.2, 0.25) is 5.02 Å². The molecule has 31 heavy (non-hydrogen) atoms. The summed E-state index contributed by atoms with van der Waals surface area (Å²) >= 11 is 5.91. The van der Waals surface area contributed by atoms with Crippen LogP contribution in [-0.4, -0.2) is 56.2 Å². The number of carboxylic acids is 1. The number of benzene rings is 2. The van der Waals surface area contributed by atoms with Crippen molar-refractivity contribution in [2.24, 2.45) is 0 Å². The van der Waals surface area contributed by atoms with E-state index in [2.05, 4.69) is 0 Å². The van der Waals surface area contributed by atoms with E-state index >= 15 is 0 Å². The molecular weight excluding hydrogens is 460 g/mol. The van der Waals surface area contributed by atoms with Crippen LogP contribution >= 0.6 is 11.6 Å². The lowest BCUT2D eigenvalue weighted by Crippen LogP contribution is -2.40. The minimum Gasteiger partial charge on any atom is -0.479 e. The van der Waals surface area contributed by atoms with Gasteiger partial charge in [-0.3, -0.25) is 0 Å². The molecule has 3 rings (SSSR count). The molecule has 1 fully saturated rings. The van der Waals surface area contributed by atoms with E-state index in [0.717, 1.165) is 4.31 Å². The zero-order chi connectivity index (χ0) is 22.8. The Kier molecular flexibility index (Phi) is 6.99. The van der Waals surface area contributed by atoms with Gasteiger partial charge in [-0.05, 0) is 19.1 Å². The molecule has 2 aromatic rings. The third kappa shape index (κ3) is 5.24. The standard InChI is InChI=1S/C19H18ClF2NO7S/c1-11(19(24)25)29-15-3-2-12(20)8-17(15)30-16-9-14(22)18(10-13(16)21)31(26,27)23-4-6-28-7-5-23/h2-3,8-11H,4-7H2,1H3,(H,24,25)/t11-/m0/s1. The fraction of sp³-hybridized carbons (Fsp3) is 0.316. The van der Waals surface area contributed by atoms with Gasteiger partial charge < -0.3 is 19.3 Å². The topological polar surface area (TPSA) is 102 Å². The molecule has 0 radical (unpaired) electrons. The van der Waals surface area contributed by atoms with Crippen LogP contribution in [0.4, 0.5) is 8.78 Å². The van der Waals surface area contributed by atoms with Gasteiger partial charge in [-0.1, -0.05) is 11.6 Å². The van der Waals surface area contributed by atoms with Crippen molar-refractivity contribution in [2.45, 2.75) is 17.9 Å². The van der Waals surface area contributed by atoms with Gasteiger partial charge in [0.05, 0.1) is 13.2 Å². The monoisotopic (exact) mass is 477 g/mol. The van der Waals surface area contributed by atoms with E-state index < -0.39 is 44.4 Å². The lowest BCUT2D eigenvalue weighted by molar-refractivity contribution is -0.144. The molecule has 0 spiro atoms. The Hall–Kier alpha value is -2.47. The summed E-state index contributed by atoms with van der Waals surface area (Å²) in [5.74, 6) is -4.51. The second-order valence-corrected chi connectivity index (χ2v) is 8.86. The van der Waals surface area contributed by atoms with Gasteiger partial charge in [0.2, 0.25) is 10.0 Å². The smallest absolute Gasteiger partial charge is 0.344 e. The SMILES string of the molecule is C[C@H](Oc1ccc(Cl)cc1Oc1cc(F)c(S(=O)(=O)N2CCOCC2)cc1F)C(=O)O. The summed E-state index contributed by atoms with van der Waals surface area (Å²) in [4.78, 5) is 10.2. The molecule has 1 atom stereocenters. The Morgan fingerprint density at radius 1 is 1.13 bits per heavy atom. The highest BCUT2D eigenvalue weighted by Crippen LogP contribution is 2.37. The Morgan fingerprint density at radius 2 is 1.81 bits per heavy atom. The molecule has 0 aliphatic carbocycles. The highest BCUT2D eigenvalue weighted by Gasteiger charge is 2.30. The lowest BCUT2D eigenvalue weighted by atomic mass is 10.3. The van der Waals surface area contributed by atoms with Gasteiger partial charge >= 0.3 is 5.97 Å². The van der Waals surface area contributed by atoms with Crippen LogP contribution in [-0.2, 0) is 19.6 Å². The van der Waals surface area contributed by atoms with Crippen LogP contribution in [0.25, 0.3) is 0 Å². The molecule has 0 amide bonds. The molecule has 1 saturated heterocycles. The van der Waals surface area contributed by atoms with Crippen LogP contribution in [0.5, 0.6) is 17.2 Å². The Bertz CT molecular complexity index is 1090. The van der Waals surface area contributed by atoms with Crippen LogP contribution in [0.3, 0.4) is 0 Å². The van der Waals surface area contributed by atoms with Crippen molar-refractivity contribution >= 4 is 27.6 Å². The maximum atomic E-state index is 14.7. The summed E-state index contributed by atoms with van der Waals surface area (Å²) in [5.41, 5.74) is 0. The van der Waals surface area contributed by atoms with Crippen LogP contribution < -0.4 is 9.47 Å². The molecule has 168 valence electrons. The molecule has 0 aromatic heterocycles. The Balaban J connectivity index is 1.93. The highest BCUT2D eigenvalue weighted by molar-refractivity contribution is 7.89. The number of hydrogen-bond acceptors (Lipinski definition) is 6. The van der Waals surface area contributed by atoms with Crippen molar-refractivity contribution in [3.8, 4) is 17.2 Å². The van der Waals surface area contributed by atoms with E-state index in [1.165, 1.54) is 25.1 Å². The molecule has 8 nitrogen and oxygen atoms in total. The van der Waals surface area contributed by atoms with Gasteiger partial charge in [-0.2, -0.15) is 4.31 Å². The number of rotatable bonds is 7. The maximum absolute atomic E-state index is 14.7. The van der Waals surface area contributed by atoms with Gasteiger partial charge in [0.15, 0.2) is 29.2 Å². The van der Waals surface area contributed by atoms with Crippen molar-refractivity contribution in [1.29, 1.82) is 0 Å². The second-order valence-electron chi connectivity index (χ2n) is 6.52. The van der Waals surface area contributed by atoms with Crippen molar-refractivity contribution in [1.82, 2.24) is 4.31 Å². The third-order valence-electron chi connectivity index (χ3n) is 4.35. The van der Waals surface area contributed by atoms with E-state index in [-0.39, 0.29) is 42.8 Å². The Morgan fingerprint density at radius 3 is 2.45 bits per heavy atom. The number of halogens is 3. The fourth-order valence-corrected chi connectivity index (χ4v) is 4.36. The number of carboxylic acid groups (broad SMARTS) is 1. The first kappa shape index (κ1) is 23.2. The number of carbonyl (C=O) groups is 1. The molecule has 0 unspecified atom stereocenters. The molecule has 12 heteroatoms. The van der Waals surface area contributed by atoms with Crippen molar-refractivity contribution in [3.05, 3.63) is 47.0 Å². The molecule has 1 N–H and O–H groups in total. The molecule has 0 bridgehead atoms. The second kappa shape index (κ2) is 9.35. The van der Waals surface area contributed by atoms with Gasteiger partial charge in [-0.15, -0.1) is 0 Å². The van der Waals surface area contributed by atoms with Crippen LogP contribution in [0.15, 0.2) is 35.2 Å². The Labute approximate surface area is 181 Å². The molecule has 1 aliphatic rings. The van der Waals surface area contributed by atoms with E-state index in [0.29, 0.717) is 12.1 Å². The average molecular weight is 478 g/mol. The largest absolute Gasteiger partial charge is 0.479 e. The van der Waals surface area contributed by atoms with E-state index in [9.17, 15) is 22.0 Å². The predicted octanol–water partition coefficient (Wildman–Crippen LogP) is 3.28. The fourth-order valence-electron chi connectivity index (χ4n) is 2.73. The third-order valence-corrected chi connectivity index (χ3v) is 6.50. The van der Waals surface area contributed by atoms with Crippen LogP contribution in [0, 0.1) is 11.6 Å². The summed E-state index contributed by atoms with van der Waals surface area (Å²) in [5, 5.41) is 9.17. The first-order chi connectivity index (χ1) is 14.6. The number of ether oxygens (including phenoxy) is 3. The predicted molar refractivity (Wildman–Crippen MR) is 105 cm³/mol. The minimum atomic E-state index is -4.27. The van der Waals surface area contributed by atoms with Gasteiger partial charge in [0, 0.05) is 36.3 Å². The molecule has 2 aromatic carbocycles. The summed E-state index contributed by atoms with van der Waals surface area (Å²) < 4.78 is 71.3. The number of aliphatic carboxylic acids is 1. The normalized spacial score (nSPS) is 16.0. The number of nitrogens with zero attached hydrogens (tertiary/aromatic N) is 1. The summed E-state index contributed by atoms with van der Waals surface area (Å²) in [6.45, 7) is 1.61. The molecule has 1 heterocycles. The van der Waals surface area contributed by atoms with E-state index in [1.54, 1.807) is 0 Å². The summed E-state index contributed by atoms with van der Waals surface area (Å²) in [7, 11) is -4.27. The van der Waals surface area contributed by atoms with Crippen LogP contribution in [0.1, 0.15) is 6.92 Å². The maximum Gasteiger partial charge on any atom is 0.344 e. The minimum absolute atomic E-state index is 0.0205. The average Bonchev–Trinajstić information content (AvgIpc) is 2.72. The quantitative estimate of drug-likeness (QED) is 0.652. The first-order valence-electron chi connectivity index (χ1n) is 9.03. The number of morpholine rings is 1. The zero-order valence-electron chi connectivity index (χ0n) is 16.2. The van der Waals surface area contributed by atoms with Crippen molar-refractivity contribution < 1.29 is 41.3 Å². The molecule has 0 saturated carbocycles. The van der Waals surface area contributed by atoms with Gasteiger partial charge in [-0.25, -0.2) is 22.0 Å².